The highest BCUT2D eigenvalue weighted by Gasteiger charge is 2.17. The summed E-state index contributed by atoms with van der Waals surface area (Å²) in [6.07, 6.45) is 3.55. The SMILES string of the molecule is CN(Cc1ccc(Cl)s1)c1snc(N)c1-c1cccnc1. The van der Waals surface area contributed by atoms with Crippen molar-refractivity contribution in [1.29, 1.82) is 0 Å². The Hall–Kier alpha value is -1.63. The first-order valence-corrected chi connectivity index (χ1v) is 8.23. The molecule has 3 heterocycles. The molecule has 0 unspecified atom stereocenters. The van der Waals surface area contributed by atoms with Crippen molar-refractivity contribution < 1.29 is 0 Å². The largest absolute Gasteiger partial charge is 0.382 e. The van der Waals surface area contributed by atoms with E-state index in [2.05, 4.69) is 14.3 Å². The Labute approximate surface area is 136 Å². The van der Waals surface area contributed by atoms with Gasteiger partial charge in [-0.1, -0.05) is 17.7 Å². The molecule has 108 valence electrons. The average Bonchev–Trinajstić information content (AvgIpc) is 3.06. The minimum absolute atomic E-state index is 0.541. The number of nitrogen functional groups attached to an aromatic ring is 1. The van der Waals surface area contributed by atoms with Crippen LogP contribution in [0.2, 0.25) is 4.34 Å². The van der Waals surface area contributed by atoms with Crippen LogP contribution in [0.3, 0.4) is 0 Å². The molecule has 3 rings (SSSR count). The van der Waals surface area contributed by atoms with Gasteiger partial charge in [0.1, 0.15) is 10.8 Å². The van der Waals surface area contributed by atoms with Crippen LogP contribution >= 0.6 is 34.5 Å². The number of halogens is 1. The highest BCUT2D eigenvalue weighted by molar-refractivity contribution is 7.16. The Bertz CT molecular complexity index is 739. The second-order valence-electron chi connectivity index (χ2n) is 4.55. The summed E-state index contributed by atoms with van der Waals surface area (Å²) in [7, 11) is 2.03. The maximum Gasteiger partial charge on any atom is 0.147 e. The van der Waals surface area contributed by atoms with Gasteiger partial charge in [0.2, 0.25) is 0 Å². The summed E-state index contributed by atoms with van der Waals surface area (Å²) in [4.78, 5) is 7.49. The summed E-state index contributed by atoms with van der Waals surface area (Å²) in [5, 5.41) is 1.03. The molecule has 0 aliphatic carbocycles. The topological polar surface area (TPSA) is 55.0 Å². The molecular formula is C14H13ClN4S2. The summed E-state index contributed by atoms with van der Waals surface area (Å²) in [6.45, 7) is 0.770. The van der Waals surface area contributed by atoms with Crippen LogP contribution in [0.5, 0.6) is 0 Å². The van der Waals surface area contributed by atoms with Crippen LogP contribution in [0.4, 0.5) is 10.8 Å². The number of rotatable bonds is 4. The minimum atomic E-state index is 0.541. The molecule has 0 aliphatic rings. The first kappa shape index (κ1) is 14.3. The van der Waals surface area contributed by atoms with Crippen molar-refractivity contribution in [3.8, 4) is 11.1 Å². The quantitative estimate of drug-likeness (QED) is 0.778. The Morgan fingerprint density at radius 1 is 1.33 bits per heavy atom. The molecule has 3 aromatic rings. The molecule has 0 spiro atoms. The molecule has 0 fully saturated rings. The fourth-order valence-electron chi connectivity index (χ4n) is 2.08. The van der Waals surface area contributed by atoms with Crippen molar-refractivity contribution in [2.75, 3.05) is 17.7 Å². The van der Waals surface area contributed by atoms with Gasteiger partial charge in [0.15, 0.2) is 0 Å². The van der Waals surface area contributed by atoms with Crippen LogP contribution in [0, 0.1) is 0 Å². The Morgan fingerprint density at radius 3 is 2.86 bits per heavy atom. The van der Waals surface area contributed by atoms with E-state index in [9.17, 15) is 0 Å². The lowest BCUT2D eigenvalue weighted by Gasteiger charge is -2.17. The van der Waals surface area contributed by atoms with Crippen molar-refractivity contribution >= 4 is 45.3 Å². The van der Waals surface area contributed by atoms with Gasteiger partial charge in [0.05, 0.1) is 16.4 Å². The zero-order valence-corrected chi connectivity index (χ0v) is 13.7. The molecule has 0 amide bonds. The van der Waals surface area contributed by atoms with E-state index in [1.165, 1.54) is 16.4 Å². The van der Waals surface area contributed by atoms with E-state index in [0.29, 0.717) is 5.82 Å². The van der Waals surface area contributed by atoms with Gasteiger partial charge < -0.3 is 10.6 Å². The zero-order valence-electron chi connectivity index (χ0n) is 11.3. The molecule has 0 saturated heterocycles. The van der Waals surface area contributed by atoms with Gasteiger partial charge in [-0.15, -0.1) is 11.3 Å². The lowest BCUT2D eigenvalue weighted by molar-refractivity contribution is 0.954. The lowest BCUT2D eigenvalue weighted by Crippen LogP contribution is -2.15. The summed E-state index contributed by atoms with van der Waals surface area (Å²) in [5.74, 6) is 0.541. The molecule has 7 heteroatoms. The zero-order chi connectivity index (χ0) is 14.8. The van der Waals surface area contributed by atoms with Crippen LogP contribution in [-0.4, -0.2) is 16.4 Å². The minimum Gasteiger partial charge on any atom is -0.382 e. The summed E-state index contributed by atoms with van der Waals surface area (Å²) >= 11 is 8.97. The standard InChI is InChI=1S/C14H13ClN4S2/c1-19(8-10-4-5-11(15)20-10)14-12(13(16)18-21-14)9-3-2-6-17-7-9/h2-7H,8H2,1H3,(H2,16,18). The van der Waals surface area contributed by atoms with Gasteiger partial charge in [-0.2, -0.15) is 4.37 Å². The van der Waals surface area contributed by atoms with E-state index < -0.39 is 0 Å². The van der Waals surface area contributed by atoms with Gasteiger partial charge in [0, 0.05) is 29.9 Å². The smallest absolute Gasteiger partial charge is 0.147 e. The second-order valence-corrected chi connectivity index (χ2v) is 7.10. The van der Waals surface area contributed by atoms with Gasteiger partial charge in [-0.3, -0.25) is 4.98 Å². The van der Waals surface area contributed by atoms with Crippen LogP contribution in [0.15, 0.2) is 36.7 Å². The molecule has 3 aromatic heterocycles. The fraction of sp³-hybridized carbons (Fsp3) is 0.143. The predicted molar refractivity (Wildman–Crippen MR) is 91.2 cm³/mol. The summed E-state index contributed by atoms with van der Waals surface area (Å²) < 4.78 is 5.09. The molecule has 2 N–H and O–H groups in total. The second kappa shape index (κ2) is 6.01. The third-order valence-corrected chi connectivity index (χ3v) is 5.21. The van der Waals surface area contributed by atoms with Gasteiger partial charge in [-0.05, 0) is 29.7 Å². The molecule has 0 aromatic carbocycles. The van der Waals surface area contributed by atoms with E-state index in [1.54, 1.807) is 23.7 Å². The predicted octanol–water partition coefficient (Wildman–Crippen LogP) is 4.14. The van der Waals surface area contributed by atoms with Crippen molar-refractivity contribution in [3.05, 3.63) is 45.9 Å². The first-order chi connectivity index (χ1) is 10.1. The summed E-state index contributed by atoms with van der Waals surface area (Å²) in [5.41, 5.74) is 7.96. The number of thiophene rings is 1. The first-order valence-electron chi connectivity index (χ1n) is 6.26. The lowest BCUT2D eigenvalue weighted by atomic mass is 10.1. The van der Waals surface area contributed by atoms with E-state index >= 15 is 0 Å². The molecule has 4 nitrogen and oxygen atoms in total. The molecule has 0 bridgehead atoms. The number of nitrogens with two attached hydrogens (primary N) is 1. The molecule has 0 atom stereocenters. The number of nitrogens with zero attached hydrogens (tertiary/aromatic N) is 3. The maximum atomic E-state index is 6.04. The number of anilines is 2. The Morgan fingerprint density at radius 2 is 2.19 bits per heavy atom. The third kappa shape index (κ3) is 3.02. The molecule has 21 heavy (non-hydrogen) atoms. The highest BCUT2D eigenvalue weighted by atomic mass is 35.5. The van der Waals surface area contributed by atoms with Crippen LogP contribution in [-0.2, 0) is 6.54 Å². The van der Waals surface area contributed by atoms with Crippen molar-refractivity contribution in [2.24, 2.45) is 0 Å². The van der Waals surface area contributed by atoms with E-state index in [4.69, 9.17) is 17.3 Å². The third-order valence-electron chi connectivity index (χ3n) is 3.02. The van der Waals surface area contributed by atoms with E-state index in [0.717, 1.165) is 27.0 Å². The fourth-order valence-corrected chi connectivity index (χ4v) is 4.01. The van der Waals surface area contributed by atoms with E-state index in [-0.39, 0.29) is 0 Å². The van der Waals surface area contributed by atoms with Gasteiger partial charge >= 0.3 is 0 Å². The van der Waals surface area contributed by atoms with Gasteiger partial charge in [0.25, 0.3) is 0 Å². The van der Waals surface area contributed by atoms with Crippen LogP contribution < -0.4 is 10.6 Å². The maximum absolute atomic E-state index is 6.04. The molecule has 0 radical (unpaired) electrons. The Balaban J connectivity index is 1.92. The van der Waals surface area contributed by atoms with Crippen LogP contribution in [0.1, 0.15) is 4.88 Å². The number of hydrogen-bond acceptors (Lipinski definition) is 6. The Kier molecular flexibility index (Phi) is 4.10. The number of hydrogen-bond donors (Lipinski definition) is 1. The van der Waals surface area contributed by atoms with E-state index in [1.807, 2.05) is 31.3 Å². The van der Waals surface area contributed by atoms with Crippen LogP contribution in [0.25, 0.3) is 11.1 Å². The molecule has 0 saturated carbocycles. The number of aromatic nitrogens is 2. The highest BCUT2D eigenvalue weighted by Crippen LogP contribution is 2.39. The molecular weight excluding hydrogens is 324 g/mol. The van der Waals surface area contributed by atoms with Crippen molar-refractivity contribution in [1.82, 2.24) is 9.36 Å². The average molecular weight is 337 g/mol. The summed E-state index contributed by atoms with van der Waals surface area (Å²) in [6, 6.07) is 7.85. The van der Waals surface area contributed by atoms with Crippen molar-refractivity contribution in [3.63, 3.8) is 0 Å². The monoisotopic (exact) mass is 336 g/mol. The number of pyridine rings is 1. The normalized spacial score (nSPS) is 10.8. The van der Waals surface area contributed by atoms with Crippen molar-refractivity contribution in [2.45, 2.75) is 6.54 Å². The molecule has 0 aliphatic heterocycles. The van der Waals surface area contributed by atoms with Gasteiger partial charge in [-0.25, -0.2) is 0 Å².